The van der Waals surface area contributed by atoms with Gasteiger partial charge in [0, 0.05) is 12.2 Å². The molecule has 0 aromatic carbocycles. The maximum atomic E-state index is 12.3. The SMILES string of the molecule is CCCNC1COCC1C(=O)Nc1cnn(CC(N)=O)c1. The van der Waals surface area contributed by atoms with Crippen LogP contribution in [0.15, 0.2) is 12.4 Å². The Bertz CT molecular complexity index is 502. The molecule has 1 aromatic rings. The number of carbonyl (C=O) groups is 2. The summed E-state index contributed by atoms with van der Waals surface area (Å²) in [6.45, 7) is 3.87. The Morgan fingerprint density at radius 1 is 1.52 bits per heavy atom. The highest BCUT2D eigenvalue weighted by Gasteiger charge is 2.33. The molecule has 116 valence electrons. The van der Waals surface area contributed by atoms with Gasteiger partial charge in [-0.15, -0.1) is 0 Å². The molecule has 8 nitrogen and oxygen atoms in total. The van der Waals surface area contributed by atoms with Crippen molar-refractivity contribution in [2.45, 2.75) is 25.9 Å². The number of nitrogens with one attached hydrogen (secondary N) is 2. The normalized spacial score (nSPS) is 21.4. The van der Waals surface area contributed by atoms with Crippen LogP contribution in [0.25, 0.3) is 0 Å². The molecular weight excluding hydrogens is 274 g/mol. The number of aromatic nitrogens is 2. The summed E-state index contributed by atoms with van der Waals surface area (Å²) < 4.78 is 6.76. The number of rotatable bonds is 7. The largest absolute Gasteiger partial charge is 0.379 e. The van der Waals surface area contributed by atoms with Crippen LogP contribution in [0.3, 0.4) is 0 Å². The minimum Gasteiger partial charge on any atom is -0.379 e. The Labute approximate surface area is 123 Å². The topological polar surface area (TPSA) is 111 Å². The second kappa shape index (κ2) is 7.19. The molecule has 0 bridgehead atoms. The number of anilines is 1. The fourth-order valence-electron chi connectivity index (χ4n) is 2.25. The third-order valence-electron chi connectivity index (χ3n) is 3.29. The van der Waals surface area contributed by atoms with Crippen molar-refractivity contribution in [2.75, 3.05) is 25.1 Å². The fourth-order valence-corrected chi connectivity index (χ4v) is 2.25. The number of nitrogens with two attached hydrogens (primary N) is 1. The van der Waals surface area contributed by atoms with Gasteiger partial charge in [-0.2, -0.15) is 5.10 Å². The molecule has 4 N–H and O–H groups in total. The summed E-state index contributed by atoms with van der Waals surface area (Å²) in [7, 11) is 0. The lowest BCUT2D eigenvalue weighted by molar-refractivity contribution is -0.120. The van der Waals surface area contributed by atoms with Gasteiger partial charge in [-0.3, -0.25) is 14.3 Å². The van der Waals surface area contributed by atoms with E-state index in [1.165, 1.54) is 10.9 Å². The Balaban J connectivity index is 1.91. The first-order valence-electron chi connectivity index (χ1n) is 7.03. The first kappa shape index (κ1) is 15.5. The monoisotopic (exact) mass is 295 g/mol. The van der Waals surface area contributed by atoms with E-state index < -0.39 is 5.91 Å². The summed E-state index contributed by atoms with van der Waals surface area (Å²) >= 11 is 0. The van der Waals surface area contributed by atoms with Crippen LogP contribution in [0, 0.1) is 5.92 Å². The zero-order valence-electron chi connectivity index (χ0n) is 12.0. The molecule has 2 atom stereocenters. The van der Waals surface area contributed by atoms with E-state index in [1.54, 1.807) is 6.20 Å². The van der Waals surface area contributed by atoms with Crippen molar-refractivity contribution in [1.29, 1.82) is 0 Å². The molecular formula is C13H21N5O3. The molecule has 2 amide bonds. The van der Waals surface area contributed by atoms with E-state index in [-0.39, 0.29) is 24.4 Å². The average molecular weight is 295 g/mol. The Morgan fingerprint density at radius 2 is 2.33 bits per heavy atom. The van der Waals surface area contributed by atoms with E-state index in [9.17, 15) is 9.59 Å². The maximum Gasteiger partial charge on any atom is 0.239 e. The summed E-state index contributed by atoms with van der Waals surface area (Å²) in [5.74, 6) is -0.820. The predicted molar refractivity (Wildman–Crippen MR) is 76.4 cm³/mol. The highest BCUT2D eigenvalue weighted by atomic mass is 16.5. The van der Waals surface area contributed by atoms with Gasteiger partial charge in [0.15, 0.2) is 0 Å². The quantitative estimate of drug-likeness (QED) is 0.617. The lowest BCUT2D eigenvalue weighted by atomic mass is 10.0. The van der Waals surface area contributed by atoms with Gasteiger partial charge in [0.25, 0.3) is 0 Å². The van der Waals surface area contributed by atoms with Crippen molar-refractivity contribution in [3.63, 3.8) is 0 Å². The third kappa shape index (κ3) is 4.27. The predicted octanol–water partition coefficient (Wildman–Crippen LogP) is -0.678. The minimum absolute atomic E-state index is 0.0108. The van der Waals surface area contributed by atoms with Gasteiger partial charge in [-0.05, 0) is 13.0 Å². The molecule has 1 fully saturated rings. The minimum atomic E-state index is -0.482. The highest BCUT2D eigenvalue weighted by molar-refractivity contribution is 5.93. The summed E-state index contributed by atoms with van der Waals surface area (Å²) in [5, 5.41) is 10.1. The van der Waals surface area contributed by atoms with Gasteiger partial charge in [-0.25, -0.2) is 0 Å². The molecule has 2 rings (SSSR count). The van der Waals surface area contributed by atoms with Gasteiger partial charge >= 0.3 is 0 Å². The van der Waals surface area contributed by atoms with Gasteiger partial charge in [0.2, 0.25) is 11.8 Å². The standard InChI is InChI=1S/C13H21N5O3/c1-2-3-15-11-8-21-7-10(11)13(20)17-9-4-16-18(5-9)6-12(14)19/h4-5,10-11,15H,2-3,6-8H2,1H3,(H2,14,19)(H,17,20). The number of hydrogen-bond donors (Lipinski definition) is 3. The van der Waals surface area contributed by atoms with Crippen LogP contribution in [0.2, 0.25) is 0 Å². The average Bonchev–Trinajstić information content (AvgIpc) is 3.05. The van der Waals surface area contributed by atoms with Crippen molar-refractivity contribution >= 4 is 17.5 Å². The van der Waals surface area contributed by atoms with Crippen LogP contribution in [-0.4, -0.2) is 47.4 Å². The fraction of sp³-hybridized carbons (Fsp3) is 0.615. The number of nitrogens with zero attached hydrogens (tertiary/aromatic N) is 2. The molecule has 1 aliphatic rings. The van der Waals surface area contributed by atoms with Gasteiger partial charge in [-0.1, -0.05) is 6.92 Å². The van der Waals surface area contributed by atoms with E-state index in [0.717, 1.165) is 13.0 Å². The lowest BCUT2D eigenvalue weighted by Crippen LogP contribution is -2.41. The van der Waals surface area contributed by atoms with E-state index in [0.29, 0.717) is 18.9 Å². The first-order valence-corrected chi connectivity index (χ1v) is 7.03. The molecule has 0 aliphatic carbocycles. The van der Waals surface area contributed by atoms with E-state index >= 15 is 0 Å². The molecule has 2 unspecified atom stereocenters. The Morgan fingerprint density at radius 3 is 3.05 bits per heavy atom. The lowest BCUT2D eigenvalue weighted by Gasteiger charge is -2.17. The molecule has 21 heavy (non-hydrogen) atoms. The van der Waals surface area contributed by atoms with Crippen molar-refractivity contribution < 1.29 is 14.3 Å². The molecule has 1 aliphatic heterocycles. The van der Waals surface area contributed by atoms with E-state index in [1.807, 2.05) is 0 Å². The van der Waals surface area contributed by atoms with Gasteiger partial charge < -0.3 is 21.1 Å². The number of hydrogen-bond acceptors (Lipinski definition) is 5. The van der Waals surface area contributed by atoms with E-state index in [4.69, 9.17) is 10.5 Å². The smallest absolute Gasteiger partial charge is 0.239 e. The second-order valence-electron chi connectivity index (χ2n) is 5.09. The summed E-state index contributed by atoms with van der Waals surface area (Å²) in [4.78, 5) is 23.1. The summed E-state index contributed by atoms with van der Waals surface area (Å²) in [6, 6.07) is 0.0330. The van der Waals surface area contributed by atoms with Crippen molar-refractivity contribution in [2.24, 2.45) is 11.7 Å². The molecule has 8 heteroatoms. The molecule has 0 radical (unpaired) electrons. The molecule has 2 heterocycles. The number of ether oxygens (including phenoxy) is 1. The van der Waals surface area contributed by atoms with Gasteiger partial charge in [0.05, 0.1) is 31.0 Å². The third-order valence-corrected chi connectivity index (χ3v) is 3.29. The Hall–Kier alpha value is -1.93. The highest BCUT2D eigenvalue weighted by Crippen LogP contribution is 2.16. The zero-order valence-corrected chi connectivity index (χ0v) is 12.0. The molecule has 1 saturated heterocycles. The second-order valence-corrected chi connectivity index (χ2v) is 5.09. The van der Waals surface area contributed by atoms with Crippen LogP contribution in [0.5, 0.6) is 0 Å². The number of carbonyl (C=O) groups excluding carboxylic acids is 2. The molecule has 1 aromatic heterocycles. The Kier molecular flexibility index (Phi) is 5.29. The van der Waals surface area contributed by atoms with Crippen LogP contribution in [-0.2, 0) is 20.9 Å². The van der Waals surface area contributed by atoms with Crippen LogP contribution in [0.4, 0.5) is 5.69 Å². The van der Waals surface area contributed by atoms with Gasteiger partial charge in [0.1, 0.15) is 6.54 Å². The number of primary amides is 1. The summed E-state index contributed by atoms with van der Waals surface area (Å²) in [6.07, 6.45) is 4.07. The van der Waals surface area contributed by atoms with Crippen LogP contribution < -0.4 is 16.4 Å². The van der Waals surface area contributed by atoms with Crippen molar-refractivity contribution in [3.05, 3.63) is 12.4 Å². The van der Waals surface area contributed by atoms with Crippen molar-refractivity contribution in [1.82, 2.24) is 15.1 Å². The first-order chi connectivity index (χ1) is 10.1. The zero-order chi connectivity index (χ0) is 15.2. The van der Waals surface area contributed by atoms with E-state index in [2.05, 4.69) is 22.7 Å². The number of amides is 2. The van der Waals surface area contributed by atoms with Crippen molar-refractivity contribution in [3.8, 4) is 0 Å². The van der Waals surface area contributed by atoms with Crippen LogP contribution in [0.1, 0.15) is 13.3 Å². The van der Waals surface area contributed by atoms with Crippen LogP contribution >= 0.6 is 0 Å². The summed E-state index contributed by atoms with van der Waals surface area (Å²) in [5.41, 5.74) is 5.63. The maximum absolute atomic E-state index is 12.3. The molecule has 0 saturated carbocycles. The molecule has 0 spiro atoms.